The molecule has 0 radical (unpaired) electrons. The van der Waals surface area contributed by atoms with Gasteiger partial charge in [0.1, 0.15) is 0 Å². The van der Waals surface area contributed by atoms with Crippen LogP contribution in [0.1, 0.15) is 37.3 Å². The van der Waals surface area contributed by atoms with Gasteiger partial charge < -0.3 is 17.7 Å². The van der Waals surface area contributed by atoms with Crippen molar-refractivity contribution in [3.8, 4) is 0 Å². The smallest absolute Gasteiger partial charge is 0.187 e. The molecule has 0 atom stereocenters. The molecule has 1 N–H and O–H groups in total. The first-order valence-electron chi connectivity index (χ1n) is 7.45. The highest BCUT2D eigenvalue weighted by Crippen LogP contribution is 2.14. The summed E-state index contributed by atoms with van der Waals surface area (Å²) in [5.74, 6) is 1.65. The SMILES string of the molecule is CC(C)c1ccc(CNCCCSc2ncccn2)cc1.[Cl-]. The molecule has 5 heteroatoms. The fourth-order valence-electron chi connectivity index (χ4n) is 1.97. The van der Waals surface area contributed by atoms with Crippen LogP contribution < -0.4 is 17.7 Å². The minimum absolute atomic E-state index is 0. The molecule has 0 saturated heterocycles. The first-order chi connectivity index (χ1) is 10.3. The van der Waals surface area contributed by atoms with Gasteiger partial charge in [-0.15, -0.1) is 0 Å². The zero-order valence-electron chi connectivity index (χ0n) is 13.1. The van der Waals surface area contributed by atoms with E-state index in [4.69, 9.17) is 0 Å². The van der Waals surface area contributed by atoms with Crippen LogP contribution in [0.25, 0.3) is 0 Å². The number of benzene rings is 1. The third-order valence-electron chi connectivity index (χ3n) is 3.25. The van der Waals surface area contributed by atoms with Gasteiger partial charge in [-0.05, 0) is 36.1 Å². The summed E-state index contributed by atoms with van der Waals surface area (Å²) >= 11 is 1.71. The second kappa shape index (κ2) is 10.6. The van der Waals surface area contributed by atoms with E-state index in [1.165, 1.54) is 11.1 Å². The van der Waals surface area contributed by atoms with Crippen molar-refractivity contribution < 1.29 is 12.4 Å². The third kappa shape index (κ3) is 6.77. The Balaban J connectivity index is 0.00000242. The van der Waals surface area contributed by atoms with E-state index in [2.05, 4.69) is 53.4 Å². The van der Waals surface area contributed by atoms with Crippen LogP contribution in [0.4, 0.5) is 0 Å². The first kappa shape index (κ1) is 18.9. The van der Waals surface area contributed by atoms with E-state index in [9.17, 15) is 0 Å². The lowest BCUT2D eigenvalue weighted by molar-refractivity contribution is -0.00000455. The largest absolute Gasteiger partial charge is 1.00 e. The fourth-order valence-corrected chi connectivity index (χ4v) is 2.72. The molecule has 1 aromatic heterocycles. The lowest BCUT2D eigenvalue weighted by atomic mass is 10.0. The summed E-state index contributed by atoms with van der Waals surface area (Å²) < 4.78 is 0. The van der Waals surface area contributed by atoms with Gasteiger partial charge in [0.25, 0.3) is 0 Å². The molecule has 1 aromatic carbocycles. The van der Waals surface area contributed by atoms with Crippen molar-refractivity contribution >= 4 is 11.8 Å². The molecular weight excluding hydrogens is 314 g/mol. The van der Waals surface area contributed by atoms with Crippen molar-refractivity contribution in [3.05, 3.63) is 53.9 Å². The Morgan fingerprint density at radius 1 is 1.09 bits per heavy atom. The van der Waals surface area contributed by atoms with Crippen LogP contribution in [-0.4, -0.2) is 22.3 Å². The maximum absolute atomic E-state index is 4.20. The summed E-state index contributed by atoms with van der Waals surface area (Å²) in [7, 11) is 0. The minimum atomic E-state index is 0. The Bertz CT molecular complexity index is 517. The Morgan fingerprint density at radius 3 is 2.41 bits per heavy atom. The number of thioether (sulfide) groups is 1. The van der Waals surface area contributed by atoms with Gasteiger partial charge in [-0.25, -0.2) is 9.97 Å². The second-order valence-electron chi connectivity index (χ2n) is 5.31. The molecule has 22 heavy (non-hydrogen) atoms. The number of hydrogen-bond donors (Lipinski definition) is 1. The lowest BCUT2D eigenvalue weighted by Gasteiger charge is -2.08. The number of nitrogens with zero attached hydrogens (tertiary/aromatic N) is 2. The van der Waals surface area contributed by atoms with Crippen LogP contribution in [0.2, 0.25) is 0 Å². The summed E-state index contributed by atoms with van der Waals surface area (Å²) in [4.78, 5) is 8.40. The quantitative estimate of drug-likeness (QED) is 0.441. The van der Waals surface area contributed by atoms with Gasteiger partial charge in [0.05, 0.1) is 0 Å². The van der Waals surface area contributed by atoms with Gasteiger partial charge in [0.2, 0.25) is 0 Å². The Labute approximate surface area is 143 Å². The van der Waals surface area contributed by atoms with Crippen LogP contribution in [0.3, 0.4) is 0 Å². The van der Waals surface area contributed by atoms with Gasteiger partial charge >= 0.3 is 0 Å². The third-order valence-corrected chi connectivity index (χ3v) is 4.21. The van der Waals surface area contributed by atoms with E-state index in [1.54, 1.807) is 24.2 Å². The van der Waals surface area contributed by atoms with E-state index in [-0.39, 0.29) is 12.4 Å². The van der Waals surface area contributed by atoms with Gasteiger partial charge in [0.15, 0.2) is 5.16 Å². The average molecular weight is 337 g/mol. The number of rotatable bonds is 8. The maximum Gasteiger partial charge on any atom is 0.187 e. The molecule has 2 rings (SSSR count). The lowest BCUT2D eigenvalue weighted by Crippen LogP contribution is -3.00. The van der Waals surface area contributed by atoms with Crippen LogP contribution in [-0.2, 0) is 6.54 Å². The van der Waals surface area contributed by atoms with E-state index < -0.39 is 0 Å². The normalized spacial score (nSPS) is 10.5. The topological polar surface area (TPSA) is 37.8 Å². The first-order valence-corrected chi connectivity index (χ1v) is 8.43. The molecule has 120 valence electrons. The summed E-state index contributed by atoms with van der Waals surface area (Å²) in [5.41, 5.74) is 2.75. The Hall–Kier alpha value is -1.10. The molecule has 0 fully saturated rings. The Kier molecular flexibility index (Phi) is 9.13. The highest BCUT2D eigenvalue weighted by atomic mass is 35.5. The second-order valence-corrected chi connectivity index (χ2v) is 6.37. The predicted octanol–water partition coefficient (Wildman–Crippen LogP) is 0.876. The van der Waals surface area contributed by atoms with E-state index in [1.807, 2.05) is 6.07 Å². The van der Waals surface area contributed by atoms with Gasteiger partial charge in [0, 0.05) is 24.7 Å². The summed E-state index contributed by atoms with van der Waals surface area (Å²) in [6, 6.07) is 10.7. The molecule has 0 bridgehead atoms. The zero-order chi connectivity index (χ0) is 14.9. The molecule has 3 nitrogen and oxygen atoms in total. The van der Waals surface area contributed by atoms with Crippen molar-refractivity contribution in [2.75, 3.05) is 12.3 Å². The van der Waals surface area contributed by atoms with E-state index in [0.29, 0.717) is 5.92 Å². The van der Waals surface area contributed by atoms with Crippen molar-refractivity contribution in [1.29, 1.82) is 0 Å². The standard InChI is InChI=1S/C17H23N3S.ClH/c1-14(2)16-7-5-15(6-8-16)13-18-9-4-12-21-17-19-10-3-11-20-17;/h3,5-8,10-11,14,18H,4,9,12-13H2,1-2H3;1H/p-1. The van der Waals surface area contributed by atoms with E-state index >= 15 is 0 Å². The van der Waals surface area contributed by atoms with Gasteiger partial charge in [-0.1, -0.05) is 49.9 Å². The van der Waals surface area contributed by atoms with Crippen molar-refractivity contribution in [3.63, 3.8) is 0 Å². The molecule has 0 aliphatic rings. The fraction of sp³-hybridized carbons (Fsp3) is 0.412. The molecular formula is C17H23ClN3S-. The molecule has 0 unspecified atom stereocenters. The number of aromatic nitrogens is 2. The molecule has 0 aliphatic carbocycles. The van der Waals surface area contributed by atoms with Crippen LogP contribution in [0.5, 0.6) is 0 Å². The van der Waals surface area contributed by atoms with Crippen LogP contribution >= 0.6 is 11.8 Å². The summed E-state index contributed by atoms with van der Waals surface area (Å²) in [6.07, 6.45) is 4.69. The molecule has 0 aliphatic heterocycles. The predicted molar refractivity (Wildman–Crippen MR) is 89.6 cm³/mol. The van der Waals surface area contributed by atoms with Crippen molar-refractivity contribution in [1.82, 2.24) is 15.3 Å². The van der Waals surface area contributed by atoms with Gasteiger partial charge in [-0.2, -0.15) is 0 Å². The monoisotopic (exact) mass is 336 g/mol. The molecule has 0 spiro atoms. The number of hydrogen-bond acceptors (Lipinski definition) is 4. The molecule has 0 amide bonds. The van der Waals surface area contributed by atoms with Crippen molar-refractivity contribution in [2.45, 2.75) is 37.9 Å². The van der Waals surface area contributed by atoms with Crippen LogP contribution in [0.15, 0.2) is 47.9 Å². The molecule has 1 heterocycles. The van der Waals surface area contributed by atoms with Crippen LogP contribution in [0, 0.1) is 0 Å². The maximum atomic E-state index is 4.20. The molecule has 2 aromatic rings. The van der Waals surface area contributed by atoms with E-state index in [0.717, 1.165) is 30.4 Å². The number of halogens is 1. The summed E-state index contributed by atoms with van der Waals surface area (Å²) in [5, 5.41) is 4.35. The Morgan fingerprint density at radius 2 is 1.77 bits per heavy atom. The summed E-state index contributed by atoms with van der Waals surface area (Å²) in [6.45, 7) is 6.40. The van der Waals surface area contributed by atoms with Crippen molar-refractivity contribution in [2.24, 2.45) is 0 Å². The van der Waals surface area contributed by atoms with Gasteiger partial charge in [-0.3, -0.25) is 0 Å². The number of nitrogens with one attached hydrogen (secondary N) is 1. The minimum Gasteiger partial charge on any atom is -1.00 e. The average Bonchev–Trinajstić information content (AvgIpc) is 2.52. The zero-order valence-corrected chi connectivity index (χ0v) is 14.7. The molecule has 0 saturated carbocycles. The highest BCUT2D eigenvalue weighted by molar-refractivity contribution is 7.99. The highest BCUT2D eigenvalue weighted by Gasteiger charge is 1.99.